The Labute approximate surface area is 134 Å². The smallest absolute Gasteiger partial charge is 0.315 e. The Morgan fingerprint density at radius 1 is 1.13 bits per heavy atom. The summed E-state index contributed by atoms with van der Waals surface area (Å²) in [4.78, 5) is 11.9. The molecule has 0 fully saturated rings. The summed E-state index contributed by atoms with van der Waals surface area (Å²) in [6.07, 6.45) is 0. The first-order chi connectivity index (χ1) is 11.0. The molecule has 0 unspecified atom stereocenters. The summed E-state index contributed by atoms with van der Waals surface area (Å²) in [6.45, 7) is 4.42. The van der Waals surface area contributed by atoms with Crippen molar-refractivity contribution in [3.8, 4) is 11.5 Å². The third kappa shape index (κ3) is 4.15. The van der Waals surface area contributed by atoms with Crippen molar-refractivity contribution in [2.75, 3.05) is 14.2 Å². The highest BCUT2D eigenvalue weighted by molar-refractivity contribution is 5.73. The molecule has 2 aromatic rings. The van der Waals surface area contributed by atoms with E-state index >= 15 is 0 Å². The normalized spacial score (nSPS) is 10.3. The van der Waals surface area contributed by atoms with Gasteiger partial charge in [-0.2, -0.15) is 0 Å². The van der Waals surface area contributed by atoms with Crippen LogP contribution in [0.1, 0.15) is 22.6 Å². The van der Waals surface area contributed by atoms with Gasteiger partial charge in [-0.3, -0.25) is 0 Å². The number of urea groups is 1. The predicted molar refractivity (Wildman–Crippen MR) is 84.6 cm³/mol. The third-order valence-electron chi connectivity index (χ3n) is 3.51. The number of hydrogen-bond acceptors (Lipinski definition) is 5. The topological polar surface area (TPSA) is 85.6 Å². The fraction of sp³-hybridized carbons (Fsp3) is 0.375. The van der Waals surface area contributed by atoms with E-state index in [1.165, 1.54) is 0 Å². The minimum Gasteiger partial charge on any atom is -0.493 e. The van der Waals surface area contributed by atoms with Crippen molar-refractivity contribution in [3.05, 3.63) is 40.8 Å². The number of methoxy groups -OCH3 is 2. The largest absolute Gasteiger partial charge is 0.493 e. The van der Waals surface area contributed by atoms with Crippen LogP contribution in [0.15, 0.2) is 22.7 Å². The van der Waals surface area contributed by atoms with Gasteiger partial charge in [0.05, 0.1) is 19.9 Å². The second-order valence-electron chi connectivity index (χ2n) is 5.03. The van der Waals surface area contributed by atoms with Gasteiger partial charge in [0.15, 0.2) is 11.5 Å². The van der Waals surface area contributed by atoms with E-state index in [-0.39, 0.29) is 6.03 Å². The van der Waals surface area contributed by atoms with Crippen molar-refractivity contribution in [1.29, 1.82) is 0 Å². The molecule has 2 rings (SSSR count). The molecule has 1 aromatic heterocycles. The van der Waals surface area contributed by atoms with Crippen LogP contribution in [-0.4, -0.2) is 25.4 Å². The number of carbonyl (C=O) groups is 1. The van der Waals surface area contributed by atoms with E-state index in [9.17, 15) is 4.79 Å². The van der Waals surface area contributed by atoms with Gasteiger partial charge >= 0.3 is 6.03 Å². The molecule has 0 aliphatic heterocycles. The van der Waals surface area contributed by atoms with Gasteiger partial charge in [0.1, 0.15) is 5.76 Å². The monoisotopic (exact) mass is 319 g/mol. The number of amides is 2. The van der Waals surface area contributed by atoms with Gasteiger partial charge in [-0.15, -0.1) is 0 Å². The number of aromatic nitrogens is 1. The quantitative estimate of drug-likeness (QED) is 0.853. The molecule has 1 heterocycles. The SMILES string of the molecule is COc1ccc(CNC(=O)NCc2c(C)noc2C)cc1OC. The molecule has 7 heteroatoms. The van der Waals surface area contributed by atoms with Gasteiger partial charge in [-0.25, -0.2) is 4.79 Å². The number of ether oxygens (including phenoxy) is 2. The predicted octanol–water partition coefficient (Wildman–Crippen LogP) is 2.31. The van der Waals surface area contributed by atoms with Crippen LogP contribution in [0.4, 0.5) is 4.79 Å². The lowest BCUT2D eigenvalue weighted by atomic mass is 10.2. The van der Waals surface area contributed by atoms with Gasteiger partial charge in [-0.1, -0.05) is 11.2 Å². The van der Waals surface area contributed by atoms with Crippen LogP contribution < -0.4 is 20.1 Å². The van der Waals surface area contributed by atoms with E-state index in [4.69, 9.17) is 14.0 Å². The summed E-state index contributed by atoms with van der Waals surface area (Å²) >= 11 is 0. The van der Waals surface area contributed by atoms with Crippen LogP contribution in [-0.2, 0) is 13.1 Å². The summed E-state index contributed by atoms with van der Waals surface area (Å²) in [7, 11) is 3.16. The van der Waals surface area contributed by atoms with Crippen LogP contribution in [0.2, 0.25) is 0 Å². The van der Waals surface area contributed by atoms with Crippen LogP contribution in [0.25, 0.3) is 0 Å². The number of nitrogens with one attached hydrogen (secondary N) is 2. The zero-order valence-electron chi connectivity index (χ0n) is 13.7. The van der Waals surface area contributed by atoms with Crippen LogP contribution >= 0.6 is 0 Å². The summed E-state index contributed by atoms with van der Waals surface area (Å²) in [5.74, 6) is 1.99. The molecule has 0 saturated carbocycles. The summed E-state index contributed by atoms with van der Waals surface area (Å²) in [5, 5.41) is 9.42. The molecule has 2 N–H and O–H groups in total. The number of rotatable bonds is 6. The van der Waals surface area contributed by atoms with Gasteiger partial charge in [-0.05, 0) is 31.5 Å². The highest BCUT2D eigenvalue weighted by Crippen LogP contribution is 2.27. The first kappa shape index (κ1) is 16.7. The van der Waals surface area contributed by atoms with Crippen LogP contribution in [0.3, 0.4) is 0 Å². The zero-order valence-corrected chi connectivity index (χ0v) is 13.7. The van der Waals surface area contributed by atoms with E-state index in [0.717, 1.165) is 16.8 Å². The summed E-state index contributed by atoms with van der Waals surface area (Å²) < 4.78 is 15.5. The lowest BCUT2D eigenvalue weighted by molar-refractivity contribution is 0.240. The van der Waals surface area contributed by atoms with Crippen molar-refractivity contribution in [2.45, 2.75) is 26.9 Å². The maximum absolute atomic E-state index is 11.9. The molecule has 0 bridgehead atoms. The molecular weight excluding hydrogens is 298 g/mol. The standard InChI is InChI=1S/C16H21N3O4/c1-10-13(11(2)23-19-10)9-18-16(20)17-8-12-5-6-14(21-3)15(7-12)22-4/h5-7H,8-9H2,1-4H3,(H2,17,18,20). The molecule has 23 heavy (non-hydrogen) atoms. The molecular formula is C16H21N3O4. The summed E-state index contributed by atoms with van der Waals surface area (Å²) in [6, 6.07) is 5.24. The first-order valence-corrected chi connectivity index (χ1v) is 7.19. The summed E-state index contributed by atoms with van der Waals surface area (Å²) in [5.41, 5.74) is 2.59. The maximum atomic E-state index is 11.9. The zero-order chi connectivity index (χ0) is 16.8. The molecule has 0 saturated heterocycles. The number of nitrogens with zero attached hydrogens (tertiary/aromatic N) is 1. The molecule has 7 nitrogen and oxygen atoms in total. The fourth-order valence-electron chi connectivity index (χ4n) is 2.16. The van der Waals surface area contributed by atoms with E-state index < -0.39 is 0 Å². The second-order valence-corrected chi connectivity index (χ2v) is 5.03. The first-order valence-electron chi connectivity index (χ1n) is 7.19. The van der Waals surface area contributed by atoms with Crippen LogP contribution in [0.5, 0.6) is 11.5 Å². The molecule has 0 radical (unpaired) electrons. The Kier molecular flexibility index (Phi) is 5.46. The van der Waals surface area contributed by atoms with Gasteiger partial charge < -0.3 is 24.6 Å². The van der Waals surface area contributed by atoms with Crippen molar-refractivity contribution in [3.63, 3.8) is 0 Å². The Morgan fingerprint density at radius 2 is 1.83 bits per heavy atom. The fourth-order valence-corrected chi connectivity index (χ4v) is 2.16. The molecule has 0 aliphatic carbocycles. The van der Waals surface area contributed by atoms with Gasteiger partial charge in [0, 0.05) is 18.7 Å². The lowest BCUT2D eigenvalue weighted by Gasteiger charge is -2.11. The van der Waals surface area contributed by atoms with E-state index in [0.29, 0.717) is 30.3 Å². The highest BCUT2D eigenvalue weighted by atomic mass is 16.5. The maximum Gasteiger partial charge on any atom is 0.315 e. The Bertz CT molecular complexity index is 662. The number of hydrogen-bond donors (Lipinski definition) is 2. The second kappa shape index (κ2) is 7.53. The molecule has 0 atom stereocenters. The molecule has 124 valence electrons. The van der Waals surface area contributed by atoms with Crippen molar-refractivity contribution < 1.29 is 18.8 Å². The average Bonchev–Trinajstić information content (AvgIpc) is 2.89. The number of aryl methyl sites for hydroxylation is 2. The molecule has 1 aromatic carbocycles. The molecule has 0 aliphatic rings. The third-order valence-corrected chi connectivity index (χ3v) is 3.51. The number of carbonyl (C=O) groups excluding carboxylic acids is 1. The Hall–Kier alpha value is -2.70. The van der Waals surface area contributed by atoms with E-state index in [1.807, 2.05) is 26.0 Å². The Balaban J connectivity index is 1.87. The van der Waals surface area contributed by atoms with Crippen molar-refractivity contribution in [2.24, 2.45) is 0 Å². The van der Waals surface area contributed by atoms with E-state index in [1.54, 1.807) is 20.3 Å². The molecule has 2 amide bonds. The highest BCUT2D eigenvalue weighted by Gasteiger charge is 2.10. The van der Waals surface area contributed by atoms with Crippen molar-refractivity contribution in [1.82, 2.24) is 15.8 Å². The minimum absolute atomic E-state index is 0.264. The van der Waals surface area contributed by atoms with Gasteiger partial charge in [0.2, 0.25) is 0 Å². The Morgan fingerprint density at radius 3 is 2.43 bits per heavy atom. The van der Waals surface area contributed by atoms with Gasteiger partial charge in [0.25, 0.3) is 0 Å². The van der Waals surface area contributed by atoms with E-state index in [2.05, 4.69) is 15.8 Å². The number of benzene rings is 1. The molecule has 0 spiro atoms. The lowest BCUT2D eigenvalue weighted by Crippen LogP contribution is -2.34. The van der Waals surface area contributed by atoms with Crippen LogP contribution in [0, 0.1) is 13.8 Å². The van der Waals surface area contributed by atoms with Crippen molar-refractivity contribution >= 4 is 6.03 Å². The minimum atomic E-state index is -0.264. The average molecular weight is 319 g/mol.